The van der Waals surface area contributed by atoms with Crippen LogP contribution < -0.4 is 4.74 Å². The van der Waals surface area contributed by atoms with Crippen LogP contribution >= 0.6 is 11.8 Å². The number of aromatic hydroxyl groups is 2. The zero-order chi connectivity index (χ0) is 20.4. The highest BCUT2D eigenvalue weighted by atomic mass is 32.2. The number of aliphatic hydroxyl groups excluding tert-OH is 1. The van der Waals surface area contributed by atoms with Crippen molar-refractivity contribution in [2.24, 2.45) is 0 Å². The van der Waals surface area contributed by atoms with Crippen LogP contribution in [0.2, 0.25) is 0 Å². The monoisotopic (exact) mass is 408 g/mol. The number of fused-ring (bicyclic) bond motifs is 1. The summed E-state index contributed by atoms with van der Waals surface area (Å²) in [6, 6.07) is 19.7. The van der Waals surface area contributed by atoms with Gasteiger partial charge in [-0.3, -0.25) is 4.57 Å². The molecule has 0 amide bonds. The Morgan fingerprint density at radius 3 is 2.52 bits per heavy atom. The van der Waals surface area contributed by atoms with Crippen LogP contribution in [0.5, 0.6) is 17.2 Å². The molecule has 0 aliphatic rings. The second-order valence-electron chi connectivity index (χ2n) is 6.49. The smallest absolute Gasteiger partial charge is 0.173 e. The number of nitrogens with zero attached hydrogens (tertiary/aromatic N) is 2. The van der Waals surface area contributed by atoms with Crippen LogP contribution in [0.4, 0.5) is 0 Å². The number of phenolic OH excluding ortho intramolecular Hbond substituents is 2. The van der Waals surface area contributed by atoms with E-state index in [9.17, 15) is 15.3 Å². The lowest BCUT2D eigenvalue weighted by molar-refractivity contribution is 0.199. The standard InChI is InChI=1S/C22H20N2O4S/c1-28-16-9-6-14(7-10-16)24-19-5-3-2-4-18(19)23-22(24)29-13-21(27)17-11-8-15(25)12-20(17)26/h2-12,21,25-27H,13H2,1H3. The summed E-state index contributed by atoms with van der Waals surface area (Å²) in [5, 5.41) is 30.7. The Hall–Kier alpha value is -3.16. The molecule has 1 heterocycles. The van der Waals surface area contributed by atoms with Crippen molar-refractivity contribution in [1.29, 1.82) is 0 Å². The number of rotatable bonds is 6. The van der Waals surface area contributed by atoms with Crippen molar-refractivity contribution in [2.75, 3.05) is 12.9 Å². The lowest BCUT2D eigenvalue weighted by atomic mass is 10.1. The quantitative estimate of drug-likeness (QED) is 0.413. The van der Waals surface area contributed by atoms with E-state index in [4.69, 9.17) is 9.72 Å². The molecule has 0 aliphatic heterocycles. The Morgan fingerprint density at radius 2 is 1.79 bits per heavy atom. The number of aromatic nitrogens is 2. The minimum atomic E-state index is -0.912. The van der Waals surface area contributed by atoms with Crippen LogP contribution in [0.3, 0.4) is 0 Å². The number of imidazole rings is 1. The van der Waals surface area contributed by atoms with Crippen LogP contribution in [0.15, 0.2) is 71.9 Å². The molecule has 7 heteroatoms. The summed E-state index contributed by atoms with van der Waals surface area (Å²) >= 11 is 1.39. The molecular formula is C22H20N2O4S. The van der Waals surface area contributed by atoms with Crippen LogP contribution in [0.25, 0.3) is 16.7 Å². The van der Waals surface area contributed by atoms with Gasteiger partial charge in [-0.15, -0.1) is 0 Å². The molecular weight excluding hydrogens is 388 g/mol. The summed E-state index contributed by atoms with van der Waals surface area (Å²) in [5.74, 6) is 0.873. The van der Waals surface area contributed by atoms with Gasteiger partial charge in [0.05, 0.1) is 24.2 Å². The summed E-state index contributed by atoms with van der Waals surface area (Å²) in [6.45, 7) is 0. The van der Waals surface area contributed by atoms with E-state index < -0.39 is 6.10 Å². The predicted octanol–water partition coefficient (Wildman–Crippen LogP) is 4.27. The number of methoxy groups -OCH3 is 1. The molecule has 0 radical (unpaired) electrons. The molecule has 0 bridgehead atoms. The Morgan fingerprint density at radius 1 is 1.03 bits per heavy atom. The zero-order valence-electron chi connectivity index (χ0n) is 15.7. The van der Waals surface area contributed by atoms with Gasteiger partial charge in [0, 0.05) is 23.1 Å². The minimum absolute atomic E-state index is 0.0487. The molecule has 0 spiro atoms. The third-order valence-electron chi connectivity index (χ3n) is 4.60. The number of thioether (sulfide) groups is 1. The number of hydrogen-bond donors (Lipinski definition) is 3. The Bertz CT molecular complexity index is 1140. The van der Waals surface area contributed by atoms with Crippen molar-refractivity contribution in [3.8, 4) is 22.9 Å². The van der Waals surface area contributed by atoms with Gasteiger partial charge in [-0.25, -0.2) is 4.98 Å². The Kier molecular flexibility index (Phi) is 5.33. The van der Waals surface area contributed by atoms with Crippen LogP contribution in [-0.4, -0.2) is 37.7 Å². The molecule has 4 aromatic rings. The van der Waals surface area contributed by atoms with E-state index >= 15 is 0 Å². The number of phenols is 2. The van der Waals surface area contributed by atoms with Crippen molar-refractivity contribution < 1.29 is 20.1 Å². The fourth-order valence-corrected chi connectivity index (χ4v) is 4.12. The van der Waals surface area contributed by atoms with Crippen molar-refractivity contribution in [2.45, 2.75) is 11.3 Å². The molecule has 3 aromatic carbocycles. The number of aliphatic hydroxyl groups is 1. The van der Waals surface area contributed by atoms with Gasteiger partial charge in [0.1, 0.15) is 17.2 Å². The molecule has 29 heavy (non-hydrogen) atoms. The van der Waals surface area contributed by atoms with Gasteiger partial charge in [0.25, 0.3) is 0 Å². The molecule has 3 N–H and O–H groups in total. The largest absolute Gasteiger partial charge is 0.508 e. The fraction of sp³-hybridized carbons (Fsp3) is 0.136. The van der Waals surface area contributed by atoms with E-state index in [1.807, 2.05) is 53.1 Å². The summed E-state index contributed by atoms with van der Waals surface area (Å²) in [4.78, 5) is 4.71. The first-order valence-corrected chi connectivity index (χ1v) is 10.00. The lowest BCUT2D eigenvalue weighted by Gasteiger charge is -2.14. The first kappa shape index (κ1) is 19.2. The highest BCUT2D eigenvalue weighted by molar-refractivity contribution is 7.99. The van der Waals surface area contributed by atoms with Crippen molar-refractivity contribution >= 4 is 22.8 Å². The molecule has 1 aromatic heterocycles. The van der Waals surface area contributed by atoms with Gasteiger partial charge in [0.2, 0.25) is 0 Å². The van der Waals surface area contributed by atoms with E-state index in [0.717, 1.165) is 27.6 Å². The highest BCUT2D eigenvalue weighted by Crippen LogP contribution is 2.34. The van der Waals surface area contributed by atoms with Gasteiger partial charge < -0.3 is 20.1 Å². The normalized spacial score (nSPS) is 12.2. The lowest BCUT2D eigenvalue weighted by Crippen LogP contribution is -2.03. The third kappa shape index (κ3) is 3.87. The van der Waals surface area contributed by atoms with Gasteiger partial charge in [-0.1, -0.05) is 23.9 Å². The molecule has 0 fully saturated rings. The summed E-state index contributed by atoms with van der Waals surface area (Å²) in [6.07, 6.45) is -0.912. The van der Waals surface area contributed by atoms with Gasteiger partial charge in [0.15, 0.2) is 5.16 Å². The van der Waals surface area contributed by atoms with E-state index in [2.05, 4.69) is 0 Å². The van der Waals surface area contributed by atoms with Gasteiger partial charge >= 0.3 is 0 Å². The van der Waals surface area contributed by atoms with Gasteiger partial charge in [-0.2, -0.15) is 0 Å². The summed E-state index contributed by atoms with van der Waals surface area (Å²) in [5.41, 5.74) is 3.11. The first-order valence-electron chi connectivity index (χ1n) is 9.01. The van der Waals surface area contributed by atoms with Gasteiger partial charge in [-0.05, 0) is 48.5 Å². The molecule has 1 atom stereocenters. The number of ether oxygens (including phenoxy) is 1. The third-order valence-corrected chi connectivity index (χ3v) is 5.62. The molecule has 0 saturated heterocycles. The van der Waals surface area contributed by atoms with Crippen molar-refractivity contribution in [3.63, 3.8) is 0 Å². The molecule has 1 unspecified atom stereocenters. The number of para-hydroxylation sites is 2. The Labute approximate surface area is 172 Å². The van der Waals surface area contributed by atoms with Crippen molar-refractivity contribution in [1.82, 2.24) is 9.55 Å². The van der Waals surface area contributed by atoms with E-state index in [-0.39, 0.29) is 17.3 Å². The van der Waals surface area contributed by atoms with Crippen LogP contribution in [0.1, 0.15) is 11.7 Å². The fourth-order valence-electron chi connectivity index (χ4n) is 3.14. The maximum atomic E-state index is 10.5. The van der Waals surface area contributed by atoms with Crippen LogP contribution in [-0.2, 0) is 0 Å². The maximum Gasteiger partial charge on any atom is 0.173 e. The van der Waals surface area contributed by atoms with Crippen molar-refractivity contribution in [3.05, 3.63) is 72.3 Å². The highest BCUT2D eigenvalue weighted by Gasteiger charge is 2.17. The van der Waals surface area contributed by atoms with E-state index in [0.29, 0.717) is 5.56 Å². The summed E-state index contributed by atoms with van der Waals surface area (Å²) < 4.78 is 7.28. The predicted molar refractivity (Wildman–Crippen MR) is 113 cm³/mol. The summed E-state index contributed by atoms with van der Waals surface area (Å²) in [7, 11) is 1.63. The average molecular weight is 408 g/mol. The average Bonchev–Trinajstić information content (AvgIpc) is 3.10. The van der Waals surface area contributed by atoms with E-state index in [1.54, 1.807) is 7.11 Å². The molecule has 0 saturated carbocycles. The number of hydrogen-bond acceptors (Lipinski definition) is 6. The first-order chi connectivity index (χ1) is 14.1. The molecule has 148 valence electrons. The molecule has 0 aliphatic carbocycles. The topological polar surface area (TPSA) is 87.7 Å². The van der Waals surface area contributed by atoms with E-state index in [1.165, 1.54) is 30.0 Å². The van der Waals surface area contributed by atoms with Crippen LogP contribution in [0, 0.1) is 0 Å². The molecule has 4 rings (SSSR count). The number of benzene rings is 3. The SMILES string of the molecule is COc1ccc(-n2c(SCC(O)c3ccc(O)cc3O)nc3ccccc32)cc1. The second kappa shape index (κ2) is 8.06. The minimum Gasteiger partial charge on any atom is -0.508 e. The zero-order valence-corrected chi connectivity index (χ0v) is 16.5. The molecule has 6 nitrogen and oxygen atoms in total. The second-order valence-corrected chi connectivity index (χ2v) is 7.47. The maximum absolute atomic E-state index is 10.5. The Balaban J connectivity index is 1.66.